The first kappa shape index (κ1) is 31.2. The Balaban J connectivity index is 1.34. The van der Waals surface area contributed by atoms with Crippen LogP contribution in [0.4, 0.5) is 10.2 Å². The molecule has 0 unspecified atom stereocenters. The first-order valence-corrected chi connectivity index (χ1v) is 15.4. The molecule has 0 bridgehead atoms. The Morgan fingerprint density at radius 1 is 1.02 bits per heavy atom. The Bertz CT molecular complexity index is 2000. The third-order valence-corrected chi connectivity index (χ3v) is 8.99. The fourth-order valence-electron chi connectivity index (χ4n) is 6.30. The number of benzene rings is 1. The minimum atomic E-state index is -0.997. The number of hydrogen-bond donors (Lipinski definition) is 1. The van der Waals surface area contributed by atoms with Gasteiger partial charge in [0.05, 0.1) is 34.1 Å². The number of aromatic nitrogens is 4. The third-order valence-electron chi connectivity index (χ3n) is 8.68. The topological polar surface area (TPSA) is 104 Å². The van der Waals surface area contributed by atoms with Crippen molar-refractivity contribution in [3.63, 3.8) is 0 Å². The molecule has 236 valence electrons. The molecular formula is C35H34ClFN6O3. The minimum absolute atomic E-state index is 0.0450. The number of nitrogens with zero attached hydrogens (tertiary/aromatic N) is 6. The Labute approximate surface area is 271 Å². The normalized spacial score (nSPS) is 14.6. The predicted molar refractivity (Wildman–Crippen MR) is 176 cm³/mol. The summed E-state index contributed by atoms with van der Waals surface area (Å²) in [5, 5.41) is 10.4. The molecule has 0 atom stereocenters. The standard InChI is InChI=1S/C35H34ClFN6O3/c1-20-7-6-12-38-29(20)18-42-17-25(23-8-10-26(36)27(37)16-23)24-9-11-28(40-32(24)42)33(44)43-14-13-41(19-35(43,4)5)30-15-21(2)31(34(45)46)22(3)39-30/h6-12,15-17H,13-14,18-19H2,1-5H3,(H,45,46). The minimum Gasteiger partial charge on any atom is -0.478 e. The molecule has 1 aromatic carbocycles. The van der Waals surface area contributed by atoms with E-state index in [2.05, 4.69) is 14.9 Å². The van der Waals surface area contributed by atoms with Crippen LogP contribution in [-0.4, -0.2) is 66.6 Å². The molecule has 1 N–H and O–H groups in total. The van der Waals surface area contributed by atoms with Crippen LogP contribution in [0.3, 0.4) is 0 Å². The number of pyridine rings is 3. The molecule has 5 aromatic rings. The summed E-state index contributed by atoms with van der Waals surface area (Å²) in [5.41, 5.74) is 4.93. The highest BCUT2D eigenvalue weighted by Crippen LogP contribution is 2.34. The average Bonchev–Trinajstić information content (AvgIpc) is 3.35. The maximum absolute atomic E-state index is 14.5. The van der Waals surface area contributed by atoms with Gasteiger partial charge in [-0.2, -0.15) is 0 Å². The lowest BCUT2D eigenvalue weighted by Crippen LogP contribution is -2.61. The number of hydrogen-bond acceptors (Lipinski definition) is 6. The van der Waals surface area contributed by atoms with E-state index in [0.717, 1.165) is 22.2 Å². The number of amides is 1. The number of piperazine rings is 1. The van der Waals surface area contributed by atoms with Crippen molar-refractivity contribution in [2.24, 2.45) is 0 Å². The van der Waals surface area contributed by atoms with E-state index < -0.39 is 17.3 Å². The van der Waals surface area contributed by atoms with Crippen LogP contribution in [0.15, 0.2) is 60.9 Å². The second kappa shape index (κ2) is 11.8. The zero-order chi connectivity index (χ0) is 32.9. The molecule has 11 heteroatoms. The lowest BCUT2D eigenvalue weighted by molar-refractivity contribution is 0.0507. The summed E-state index contributed by atoms with van der Waals surface area (Å²) in [6.45, 7) is 11.3. The fraction of sp³-hybridized carbons (Fsp3) is 0.286. The number of anilines is 1. The fourth-order valence-corrected chi connectivity index (χ4v) is 6.42. The van der Waals surface area contributed by atoms with Crippen LogP contribution in [0.5, 0.6) is 0 Å². The van der Waals surface area contributed by atoms with Crippen LogP contribution < -0.4 is 4.90 Å². The van der Waals surface area contributed by atoms with Crippen molar-refractivity contribution in [2.45, 2.75) is 46.7 Å². The summed E-state index contributed by atoms with van der Waals surface area (Å²) in [7, 11) is 0. The van der Waals surface area contributed by atoms with Gasteiger partial charge in [-0.15, -0.1) is 0 Å². The molecule has 1 fully saturated rings. The van der Waals surface area contributed by atoms with Crippen LogP contribution >= 0.6 is 11.6 Å². The van der Waals surface area contributed by atoms with Gasteiger partial charge < -0.3 is 19.5 Å². The number of carboxylic acids is 1. The molecular weight excluding hydrogens is 607 g/mol. The maximum atomic E-state index is 14.5. The van der Waals surface area contributed by atoms with Gasteiger partial charge in [0, 0.05) is 43.0 Å². The van der Waals surface area contributed by atoms with Crippen molar-refractivity contribution in [3.8, 4) is 11.1 Å². The predicted octanol–water partition coefficient (Wildman–Crippen LogP) is 6.70. The van der Waals surface area contributed by atoms with Crippen LogP contribution in [0.25, 0.3) is 22.2 Å². The number of carbonyl (C=O) groups excluding carboxylic acids is 1. The van der Waals surface area contributed by atoms with E-state index in [-0.39, 0.29) is 16.5 Å². The lowest BCUT2D eigenvalue weighted by atomic mass is 9.97. The third kappa shape index (κ3) is 5.69. The molecule has 6 rings (SSSR count). The number of fused-ring (bicyclic) bond motifs is 1. The van der Waals surface area contributed by atoms with Crippen LogP contribution in [0.1, 0.15) is 57.2 Å². The number of carboxylic acid groups (broad SMARTS) is 1. The number of carbonyl (C=O) groups is 2. The largest absolute Gasteiger partial charge is 0.478 e. The molecule has 0 radical (unpaired) electrons. The lowest BCUT2D eigenvalue weighted by Gasteiger charge is -2.47. The number of aromatic carboxylic acids is 1. The second-order valence-corrected chi connectivity index (χ2v) is 12.8. The van der Waals surface area contributed by atoms with Gasteiger partial charge in [0.2, 0.25) is 0 Å². The van der Waals surface area contributed by atoms with Gasteiger partial charge >= 0.3 is 5.97 Å². The van der Waals surface area contributed by atoms with Crippen LogP contribution in [0, 0.1) is 26.6 Å². The molecule has 4 aromatic heterocycles. The van der Waals surface area contributed by atoms with E-state index in [1.807, 2.05) is 54.6 Å². The molecule has 1 amide bonds. The zero-order valence-electron chi connectivity index (χ0n) is 26.3. The zero-order valence-corrected chi connectivity index (χ0v) is 27.1. The van der Waals surface area contributed by atoms with Gasteiger partial charge in [-0.3, -0.25) is 9.78 Å². The molecule has 1 saturated heterocycles. The monoisotopic (exact) mass is 640 g/mol. The van der Waals surface area contributed by atoms with Crippen molar-refractivity contribution in [1.29, 1.82) is 0 Å². The number of rotatable bonds is 6. The van der Waals surface area contributed by atoms with E-state index >= 15 is 0 Å². The molecule has 5 heterocycles. The highest BCUT2D eigenvalue weighted by molar-refractivity contribution is 6.30. The first-order chi connectivity index (χ1) is 21.8. The van der Waals surface area contributed by atoms with E-state index in [1.54, 1.807) is 38.2 Å². The molecule has 46 heavy (non-hydrogen) atoms. The Morgan fingerprint density at radius 2 is 1.80 bits per heavy atom. The van der Waals surface area contributed by atoms with Gasteiger partial charge in [0.25, 0.3) is 5.91 Å². The van der Waals surface area contributed by atoms with Crippen molar-refractivity contribution < 1.29 is 19.1 Å². The summed E-state index contributed by atoms with van der Waals surface area (Å²) in [6, 6.07) is 14.0. The molecule has 0 saturated carbocycles. The Morgan fingerprint density at radius 3 is 2.48 bits per heavy atom. The Kier molecular flexibility index (Phi) is 8.02. The van der Waals surface area contributed by atoms with Crippen LogP contribution in [0.2, 0.25) is 5.02 Å². The summed E-state index contributed by atoms with van der Waals surface area (Å²) < 4.78 is 16.4. The molecule has 0 spiro atoms. The van der Waals surface area contributed by atoms with Crippen molar-refractivity contribution in [2.75, 3.05) is 24.5 Å². The number of aryl methyl sites for hydroxylation is 3. The highest BCUT2D eigenvalue weighted by Gasteiger charge is 2.38. The van der Waals surface area contributed by atoms with Crippen molar-refractivity contribution in [1.82, 2.24) is 24.4 Å². The average molecular weight is 641 g/mol. The SMILES string of the molecule is Cc1cccnc1Cn1cc(-c2ccc(Cl)c(F)c2)c2ccc(C(=O)N3CCN(c4cc(C)c(C(=O)O)c(C)n4)CC3(C)C)nc21. The molecule has 9 nitrogen and oxygen atoms in total. The number of halogens is 2. The van der Waals surface area contributed by atoms with E-state index in [4.69, 9.17) is 16.6 Å². The maximum Gasteiger partial charge on any atom is 0.337 e. The van der Waals surface area contributed by atoms with E-state index in [0.29, 0.717) is 60.2 Å². The molecule has 1 aliphatic heterocycles. The molecule has 0 aliphatic carbocycles. The summed E-state index contributed by atoms with van der Waals surface area (Å²) in [6.07, 6.45) is 3.66. The van der Waals surface area contributed by atoms with Gasteiger partial charge in [-0.25, -0.2) is 19.2 Å². The Hall–Kier alpha value is -4.83. The van der Waals surface area contributed by atoms with Gasteiger partial charge in [0.15, 0.2) is 0 Å². The summed E-state index contributed by atoms with van der Waals surface area (Å²) >= 11 is 5.97. The smallest absolute Gasteiger partial charge is 0.337 e. The van der Waals surface area contributed by atoms with Gasteiger partial charge in [0.1, 0.15) is 23.0 Å². The van der Waals surface area contributed by atoms with Gasteiger partial charge in [-0.1, -0.05) is 23.7 Å². The first-order valence-electron chi connectivity index (χ1n) is 15.0. The van der Waals surface area contributed by atoms with Crippen molar-refractivity contribution >= 4 is 40.3 Å². The van der Waals surface area contributed by atoms with E-state index in [9.17, 15) is 19.1 Å². The molecule has 1 aliphatic rings. The van der Waals surface area contributed by atoms with Crippen LogP contribution in [-0.2, 0) is 6.54 Å². The highest BCUT2D eigenvalue weighted by atomic mass is 35.5. The van der Waals surface area contributed by atoms with E-state index in [1.165, 1.54) is 12.1 Å². The summed E-state index contributed by atoms with van der Waals surface area (Å²) in [4.78, 5) is 43.7. The van der Waals surface area contributed by atoms with Crippen molar-refractivity contribution in [3.05, 3.63) is 106 Å². The van der Waals surface area contributed by atoms with Gasteiger partial charge in [-0.05, 0) is 87.7 Å². The second-order valence-electron chi connectivity index (χ2n) is 12.4. The quantitative estimate of drug-likeness (QED) is 0.220. The summed E-state index contributed by atoms with van der Waals surface area (Å²) in [5.74, 6) is -1.02.